The standard InChI is InChI=1S/C14H19NO5S/c16-14(17)11-4-6-13(7-5-11)21(18,19)15-9-8-12-3-1-2-10-20-12/h4-7,12,15H,1-3,8-10H2,(H,16,17). The summed E-state index contributed by atoms with van der Waals surface area (Å²) < 4.78 is 32.2. The van der Waals surface area contributed by atoms with Crippen molar-refractivity contribution in [3.05, 3.63) is 29.8 Å². The predicted octanol–water partition coefficient (Wildman–Crippen LogP) is 1.62. The van der Waals surface area contributed by atoms with Crippen LogP contribution in [0.25, 0.3) is 0 Å². The number of benzene rings is 1. The number of nitrogens with one attached hydrogen (secondary N) is 1. The minimum Gasteiger partial charge on any atom is -0.478 e. The first-order chi connectivity index (χ1) is 9.99. The van der Waals surface area contributed by atoms with Crippen LogP contribution in [0.1, 0.15) is 36.0 Å². The van der Waals surface area contributed by atoms with Gasteiger partial charge in [-0.15, -0.1) is 0 Å². The first-order valence-electron chi connectivity index (χ1n) is 6.94. The quantitative estimate of drug-likeness (QED) is 0.832. The van der Waals surface area contributed by atoms with E-state index in [1.54, 1.807) is 0 Å². The van der Waals surface area contributed by atoms with Crippen LogP contribution in [-0.4, -0.2) is 38.7 Å². The SMILES string of the molecule is O=C(O)c1ccc(S(=O)(=O)NCCC2CCCCO2)cc1. The molecule has 1 heterocycles. The van der Waals surface area contributed by atoms with Gasteiger partial charge in [0.05, 0.1) is 16.6 Å². The first-order valence-corrected chi connectivity index (χ1v) is 8.42. The molecule has 0 radical (unpaired) electrons. The summed E-state index contributed by atoms with van der Waals surface area (Å²) in [5.41, 5.74) is 0.0598. The van der Waals surface area contributed by atoms with Crippen LogP contribution >= 0.6 is 0 Å². The summed E-state index contributed by atoms with van der Waals surface area (Å²) in [4.78, 5) is 10.8. The number of rotatable bonds is 6. The van der Waals surface area contributed by atoms with E-state index in [2.05, 4.69) is 4.72 Å². The molecule has 2 rings (SSSR count). The Kier molecular flexibility index (Phi) is 5.33. The fraction of sp³-hybridized carbons (Fsp3) is 0.500. The Morgan fingerprint density at radius 3 is 2.57 bits per heavy atom. The van der Waals surface area contributed by atoms with Gasteiger partial charge in [-0.05, 0) is 49.9 Å². The van der Waals surface area contributed by atoms with Crippen LogP contribution in [0.15, 0.2) is 29.2 Å². The zero-order chi connectivity index (χ0) is 15.3. The number of aromatic carboxylic acids is 1. The molecule has 1 saturated heterocycles. The summed E-state index contributed by atoms with van der Waals surface area (Å²) in [6.45, 7) is 1.06. The zero-order valence-corrected chi connectivity index (χ0v) is 12.4. The number of sulfonamides is 1. The lowest BCUT2D eigenvalue weighted by Crippen LogP contribution is -2.29. The normalized spacial score (nSPS) is 19.3. The fourth-order valence-electron chi connectivity index (χ4n) is 2.25. The van der Waals surface area contributed by atoms with Gasteiger partial charge in [0.25, 0.3) is 0 Å². The summed E-state index contributed by atoms with van der Waals surface area (Å²) in [6, 6.07) is 5.15. The van der Waals surface area contributed by atoms with E-state index in [1.165, 1.54) is 24.3 Å². The van der Waals surface area contributed by atoms with Crippen LogP contribution in [0.4, 0.5) is 0 Å². The van der Waals surface area contributed by atoms with Gasteiger partial charge >= 0.3 is 5.97 Å². The molecule has 1 aromatic rings. The molecule has 0 saturated carbocycles. The van der Waals surface area contributed by atoms with Crippen molar-refractivity contribution >= 4 is 16.0 Å². The van der Waals surface area contributed by atoms with Crippen LogP contribution in [-0.2, 0) is 14.8 Å². The Bertz CT molecular complexity index is 576. The first kappa shape index (κ1) is 15.9. The highest BCUT2D eigenvalue weighted by Crippen LogP contribution is 2.16. The number of carboxylic acids is 1. The van der Waals surface area contributed by atoms with E-state index in [1.807, 2.05) is 0 Å². The largest absolute Gasteiger partial charge is 0.478 e. The maximum absolute atomic E-state index is 12.1. The summed E-state index contributed by atoms with van der Waals surface area (Å²) in [7, 11) is -3.60. The van der Waals surface area contributed by atoms with Crippen molar-refractivity contribution < 1.29 is 23.1 Å². The third-order valence-electron chi connectivity index (χ3n) is 3.44. The van der Waals surface area contributed by atoms with Crippen LogP contribution in [0, 0.1) is 0 Å². The van der Waals surface area contributed by atoms with Crippen molar-refractivity contribution in [3.63, 3.8) is 0 Å². The Morgan fingerprint density at radius 1 is 1.29 bits per heavy atom. The van der Waals surface area contributed by atoms with Crippen molar-refractivity contribution in [3.8, 4) is 0 Å². The average molecular weight is 313 g/mol. The molecule has 0 aromatic heterocycles. The van der Waals surface area contributed by atoms with E-state index in [0.717, 1.165) is 25.9 Å². The topological polar surface area (TPSA) is 92.7 Å². The second-order valence-corrected chi connectivity index (χ2v) is 6.77. The van der Waals surface area contributed by atoms with Crippen molar-refractivity contribution in [2.45, 2.75) is 36.7 Å². The van der Waals surface area contributed by atoms with Gasteiger partial charge in [0.1, 0.15) is 0 Å². The highest BCUT2D eigenvalue weighted by Gasteiger charge is 2.17. The lowest BCUT2D eigenvalue weighted by Gasteiger charge is -2.22. The van der Waals surface area contributed by atoms with Gasteiger partial charge in [-0.25, -0.2) is 17.9 Å². The molecule has 1 fully saturated rings. The molecule has 0 spiro atoms. The minimum atomic E-state index is -3.60. The van der Waals surface area contributed by atoms with E-state index in [9.17, 15) is 13.2 Å². The molecular formula is C14H19NO5S. The molecule has 7 heteroatoms. The highest BCUT2D eigenvalue weighted by molar-refractivity contribution is 7.89. The number of ether oxygens (including phenoxy) is 1. The van der Waals surface area contributed by atoms with E-state index in [0.29, 0.717) is 13.0 Å². The van der Waals surface area contributed by atoms with Gasteiger partial charge in [0.2, 0.25) is 10.0 Å². The molecule has 1 aliphatic heterocycles. The van der Waals surface area contributed by atoms with Gasteiger partial charge in [0.15, 0.2) is 0 Å². The second kappa shape index (κ2) is 7.02. The molecule has 0 bridgehead atoms. The van der Waals surface area contributed by atoms with Crippen LogP contribution in [0.2, 0.25) is 0 Å². The second-order valence-electron chi connectivity index (χ2n) is 5.00. The van der Waals surface area contributed by atoms with Gasteiger partial charge in [0, 0.05) is 13.2 Å². The zero-order valence-electron chi connectivity index (χ0n) is 11.6. The van der Waals surface area contributed by atoms with Crippen LogP contribution in [0.5, 0.6) is 0 Å². The number of carbonyl (C=O) groups is 1. The van der Waals surface area contributed by atoms with Crippen molar-refractivity contribution in [2.24, 2.45) is 0 Å². The van der Waals surface area contributed by atoms with E-state index in [-0.39, 0.29) is 16.6 Å². The lowest BCUT2D eigenvalue weighted by atomic mass is 10.1. The molecule has 0 amide bonds. The Balaban J connectivity index is 1.90. The third kappa shape index (κ3) is 4.52. The molecular weight excluding hydrogens is 294 g/mol. The van der Waals surface area contributed by atoms with Gasteiger partial charge in [-0.1, -0.05) is 0 Å². The average Bonchev–Trinajstić information content (AvgIpc) is 2.48. The summed E-state index contributed by atoms with van der Waals surface area (Å²) in [6.07, 6.45) is 3.92. The predicted molar refractivity (Wildman–Crippen MR) is 76.8 cm³/mol. The number of hydrogen-bond donors (Lipinski definition) is 2. The number of carboxylic acid groups (broad SMARTS) is 1. The molecule has 116 valence electrons. The molecule has 1 unspecified atom stereocenters. The number of hydrogen-bond acceptors (Lipinski definition) is 4. The summed E-state index contributed by atoms with van der Waals surface area (Å²) >= 11 is 0. The summed E-state index contributed by atoms with van der Waals surface area (Å²) in [5.74, 6) is -1.08. The lowest BCUT2D eigenvalue weighted by molar-refractivity contribution is 0.0123. The van der Waals surface area contributed by atoms with Crippen molar-refractivity contribution in [1.29, 1.82) is 0 Å². The molecule has 0 aliphatic carbocycles. The minimum absolute atomic E-state index is 0.0598. The molecule has 1 atom stereocenters. The van der Waals surface area contributed by atoms with Gasteiger partial charge in [-0.3, -0.25) is 0 Å². The van der Waals surface area contributed by atoms with Gasteiger partial charge < -0.3 is 9.84 Å². The summed E-state index contributed by atoms with van der Waals surface area (Å²) in [5, 5.41) is 8.79. The van der Waals surface area contributed by atoms with E-state index < -0.39 is 16.0 Å². The Morgan fingerprint density at radius 2 is 2.00 bits per heavy atom. The third-order valence-corrected chi connectivity index (χ3v) is 4.92. The van der Waals surface area contributed by atoms with Crippen molar-refractivity contribution in [2.75, 3.05) is 13.2 Å². The monoisotopic (exact) mass is 313 g/mol. The maximum atomic E-state index is 12.1. The Labute approximate surface area is 124 Å². The fourth-order valence-corrected chi connectivity index (χ4v) is 3.30. The molecule has 21 heavy (non-hydrogen) atoms. The van der Waals surface area contributed by atoms with Gasteiger partial charge in [-0.2, -0.15) is 0 Å². The highest BCUT2D eigenvalue weighted by atomic mass is 32.2. The van der Waals surface area contributed by atoms with Crippen molar-refractivity contribution in [1.82, 2.24) is 4.72 Å². The molecule has 2 N–H and O–H groups in total. The Hall–Kier alpha value is -1.44. The smallest absolute Gasteiger partial charge is 0.335 e. The van der Waals surface area contributed by atoms with Crippen LogP contribution in [0.3, 0.4) is 0 Å². The molecule has 1 aliphatic rings. The molecule has 6 nitrogen and oxygen atoms in total. The maximum Gasteiger partial charge on any atom is 0.335 e. The van der Waals surface area contributed by atoms with Crippen LogP contribution < -0.4 is 4.72 Å². The molecule has 1 aromatic carbocycles. The van der Waals surface area contributed by atoms with E-state index >= 15 is 0 Å². The van der Waals surface area contributed by atoms with E-state index in [4.69, 9.17) is 9.84 Å².